The van der Waals surface area contributed by atoms with Crippen LogP contribution < -0.4 is 19.9 Å². The summed E-state index contributed by atoms with van der Waals surface area (Å²) in [5.41, 5.74) is 2.77. The molecule has 0 aliphatic carbocycles. The van der Waals surface area contributed by atoms with Crippen molar-refractivity contribution in [3.8, 4) is 34.3 Å². The highest BCUT2D eigenvalue weighted by atomic mass is 32.2. The number of rotatable bonds is 13. The molecule has 308 valence electrons. The number of benzene rings is 1. The zero-order chi connectivity index (χ0) is 43.6. The van der Waals surface area contributed by atoms with E-state index in [0.29, 0.717) is 47.3 Å². The van der Waals surface area contributed by atoms with Crippen molar-refractivity contribution in [3.63, 3.8) is 0 Å². The molecule has 0 bridgehead atoms. The molecule has 0 saturated carbocycles. The summed E-state index contributed by atoms with van der Waals surface area (Å²) in [5.74, 6) is -0.898. The lowest BCUT2D eigenvalue weighted by Gasteiger charge is -2.18. The van der Waals surface area contributed by atoms with Gasteiger partial charge >= 0.3 is 6.03 Å². The lowest BCUT2D eigenvalue weighted by molar-refractivity contribution is 0.256. The van der Waals surface area contributed by atoms with Crippen molar-refractivity contribution in [2.75, 3.05) is 16.8 Å². The van der Waals surface area contributed by atoms with Gasteiger partial charge in [0.05, 0.1) is 22.9 Å². The van der Waals surface area contributed by atoms with Gasteiger partial charge in [-0.2, -0.15) is 4.39 Å². The van der Waals surface area contributed by atoms with Crippen LogP contribution in [0.5, 0.6) is 5.75 Å². The first-order chi connectivity index (χ1) is 27.3. The average molecular weight is 838 g/mol. The summed E-state index contributed by atoms with van der Waals surface area (Å²) in [4.78, 5) is 30.5. The number of aromatic nitrogens is 3. The first-order valence-corrected chi connectivity index (χ1v) is 21.3. The molecule has 3 aromatic heterocycles. The van der Waals surface area contributed by atoms with E-state index in [9.17, 15) is 30.4 Å². The quantitative estimate of drug-likeness (QED) is 0.0661. The SMILES string of the molecule is CCCCS(N)(=O)=O.[C-]#[N+]c1cc(-c2cc(F)cc(C(C)C)c2OC#N)ccn1.[C-]#[N+]c1cc(-c2cc(F)nc(C(C)C)c2NC(=O)NS(=O)(=O)CCCC)ccn1. The van der Waals surface area contributed by atoms with E-state index >= 15 is 0 Å². The van der Waals surface area contributed by atoms with Gasteiger partial charge in [-0.25, -0.2) is 40.9 Å². The van der Waals surface area contributed by atoms with Crippen molar-refractivity contribution >= 4 is 43.4 Å². The van der Waals surface area contributed by atoms with Gasteiger partial charge in [0.2, 0.25) is 26.0 Å². The summed E-state index contributed by atoms with van der Waals surface area (Å²) < 4.78 is 79.4. The van der Waals surface area contributed by atoms with Crippen LogP contribution in [0.15, 0.2) is 54.9 Å². The molecular weight excluding hydrogens is 793 g/mol. The Balaban J connectivity index is 0.000000348. The Morgan fingerprint density at radius 3 is 1.90 bits per heavy atom. The van der Waals surface area contributed by atoms with Crippen LogP contribution >= 0.6 is 0 Å². The second-order valence-electron chi connectivity index (χ2n) is 13.1. The fourth-order valence-corrected chi connectivity index (χ4v) is 6.83. The fraction of sp³-hybridized carbons (Fsp3) is 0.359. The van der Waals surface area contributed by atoms with E-state index in [2.05, 4.69) is 30.0 Å². The summed E-state index contributed by atoms with van der Waals surface area (Å²) in [6, 6.07) is 9.02. The predicted octanol–water partition coefficient (Wildman–Crippen LogP) is 8.71. The maximum Gasteiger partial charge on any atom is 0.332 e. The summed E-state index contributed by atoms with van der Waals surface area (Å²) in [5, 5.41) is 16.0. The number of urea groups is 1. The molecule has 58 heavy (non-hydrogen) atoms. The minimum Gasteiger partial charge on any atom is -0.387 e. The molecule has 3 heterocycles. The highest BCUT2D eigenvalue weighted by Crippen LogP contribution is 2.39. The van der Waals surface area contributed by atoms with Crippen LogP contribution in [0.4, 0.5) is 30.9 Å². The lowest BCUT2D eigenvalue weighted by Crippen LogP contribution is -2.36. The van der Waals surface area contributed by atoms with Crippen molar-refractivity contribution in [1.29, 1.82) is 5.26 Å². The van der Waals surface area contributed by atoms with E-state index in [-0.39, 0.29) is 51.9 Å². The van der Waals surface area contributed by atoms with Crippen LogP contribution in [0, 0.1) is 36.4 Å². The van der Waals surface area contributed by atoms with Crippen molar-refractivity contribution in [2.24, 2.45) is 5.14 Å². The number of carbonyl (C=O) groups is 1. The largest absolute Gasteiger partial charge is 0.387 e. The normalized spacial score (nSPS) is 10.8. The number of nitrogens with two attached hydrogens (primary N) is 1. The molecule has 0 fully saturated rings. The number of nitriles is 1. The van der Waals surface area contributed by atoms with Gasteiger partial charge in [0.25, 0.3) is 17.9 Å². The molecule has 4 rings (SSSR count). The predicted molar refractivity (Wildman–Crippen MR) is 218 cm³/mol. The monoisotopic (exact) mass is 837 g/mol. The molecule has 4 N–H and O–H groups in total. The minimum absolute atomic E-state index is 0.00929. The Kier molecular flexibility index (Phi) is 18.7. The highest BCUT2D eigenvalue weighted by molar-refractivity contribution is 7.90. The Morgan fingerprint density at radius 2 is 1.43 bits per heavy atom. The third-order valence-corrected chi connectivity index (χ3v) is 9.97. The van der Waals surface area contributed by atoms with Crippen molar-refractivity contribution in [1.82, 2.24) is 19.7 Å². The number of sulfonamides is 2. The van der Waals surface area contributed by atoms with Gasteiger partial charge in [-0.05, 0) is 72.2 Å². The number of halogens is 2. The van der Waals surface area contributed by atoms with E-state index in [4.69, 9.17) is 28.3 Å². The zero-order valence-corrected chi connectivity index (χ0v) is 34.5. The Hall–Kier alpha value is -6.07. The zero-order valence-electron chi connectivity index (χ0n) is 32.9. The first-order valence-electron chi connectivity index (χ1n) is 17.9. The van der Waals surface area contributed by atoms with Crippen molar-refractivity contribution in [3.05, 3.63) is 101 Å². The maximum absolute atomic E-state index is 14.2. The van der Waals surface area contributed by atoms with Crippen molar-refractivity contribution in [2.45, 2.75) is 79.1 Å². The number of nitrogens with zero attached hydrogens (tertiary/aromatic N) is 6. The molecule has 0 spiro atoms. The van der Waals surface area contributed by atoms with Gasteiger partial charge in [-0.15, -0.1) is 15.2 Å². The summed E-state index contributed by atoms with van der Waals surface area (Å²) >= 11 is 0. The van der Waals surface area contributed by atoms with Crippen LogP contribution in [-0.4, -0.2) is 49.3 Å². The first kappa shape index (κ1) is 48.1. The number of ether oxygens (including phenoxy) is 1. The number of anilines is 1. The van der Waals surface area contributed by atoms with E-state index in [1.165, 1.54) is 36.7 Å². The molecule has 0 atom stereocenters. The number of hydrogen-bond donors (Lipinski definition) is 3. The van der Waals surface area contributed by atoms with Crippen LogP contribution in [0.25, 0.3) is 31.9 Å². The van der Waals surface area contributed by atoms with Crippen LogP contribution in [0.3, 0.4) is 0 Å². The third kappa shape index (κ3) is 15.5. The van der Waals surface area contributed by atoms with Gasteiger partial charge in [-0.1, -0.05) is 67.5 Å². The molecule has 0 saturated heterocycles. The molecule has 0 radical (unpaired) electrons. The summed E-state index contributed by atoms with van der Waals surface area (Å²) in [6.07, 6.45) is 7.13. The van der Waals surface area contributed by atoms with E-state index < -0.39 is 37.8 Å². The molecule has 1 aromatic carbocycles. The summed E-state index contributed by atoms with van der Waals surface area (Å²) in [7, 11) is -6.99. The Bertz CT molecular complexity index is 2410. The molecule has 0 unspecified atom stereocenters. The van der Waals surface area contributed by atoms with E-state index in [1.807, 2.05) is 32.4 Å². The number of hydrogen-bond acceptors (Lipinski definition) is 10. The van der Waals surface area contributed by atoms with E-state index in [0.717, 1.165) is 12.5 Å². The number of pyridine rings is 3. The standard InChI is InChI=1S/C19H22FN5O3S.C16H12FN3O.C4H11NO2S/c1-5-6-9-29(27,28)25-19(26)24-18-14(11-15(20)23-17(18)12(2)3)13-7-8-22-16(10-13)21-4;1-10(2)13-7-12(17)8-14(16(13)21-9-18)11-4-5-20-15(6-11)19-3;1-2-3-4-8(5,6)7/h7-8,10-12H,5-6,9H2,1-3H3,(H2,24,25,26);4-8,10H,1-2H3;2-4H2,1H3,(H2,5,6,7). The van der Waals surface area contributed by atoms with Gasteiger partial charge in [0, 0.05) is 22.8 Å². The Labute approximate surface area is 338 Å². The number of carbonyl (C=O) groups excluding carboxylic acids is 1. The van der Waals surface area contributed by atoms with Gasteiger partial charge in [0.1, 0.15) is 18.2 Å². The van der Waals surface area contributed by atoms with E-state index in [1.54, 1.807) is 32.2 Å². The molecule has 2 amide bonds. The second-order valence-corrected chi connectivity index (χ2v) is 16.7. The second kappa shape index (κ2) is 22.6. The topological polar surface area (TPSA) is 216 Å². The lowest BCUT2D eigenvalue weighted by atomic mass is 9.95. The van der Waals surface area contributed by atoms with Crippen molar-refractivity contribution < 1.29 is 35.1 Å². The molecule has 0 aliphatic rings. The van der Waals surface area contributed by atoms with Gasteiger partial charge in [0.15, 0.2) is 5.75 Å². The van der Waals surface area contributed by atoms with Crippen LogP contribution in [0.2, 0.25) is 0 Å². The van der Waals surface area contributed by atoms with Crippen LogP contribution in [0.1, 0.15) is 90.3 Å². The van der Waals surface area contributed by atoms with Gasteiger partial charge in [-0.3, -0.25) is 0 Å². The van der Waals surface area contributed by atoms with Gasteiger partial charge < -0.3 is 19.7 Å². The minimum atomic E-state index is -3.80. The molecular formula is C39H45F2N9O6S2. The average Bonchev–Trinajstić information content (AvgIpc) is 3.17. The maximum atomic E-state index is 14.2. The summed E-state index contributed by atoms with van der Waals surface area (Å²) in [6.45, 7) is 25.2. The van der Waals surface area contributed by atoms with Crippen LogP contribution in [-0.2, 0) is 20.0 Å². The number of amides is 2. The molecule has 4 aromatic rings. The highest BCUT2D eigenvalue weighted by Gasteiger charge is 2.22. The smallest absolute Gasteiger partial charge is 0.332 e. The third-order valence-electron chi connectivity index (χ3n) is 7.79. The number of primary sulfonamides is 1. The molecule has 0 aliphatic heterocycles. The molecule has 19 heteroatoms. The molecule has 15 nitrogen and oxygen atoms in total. The fourth-order valence-electron chi connectivity index (χ4n) is 5.03. The number of unbranched alkanes of at least 4 members (excludes halogenated alkanes) is 2. The Morgan fingerprint density at radius 1 is 0.879 bits per heavy atom. The number of nitrogens with one attached hydrogen (secondary N) is 2.